The lowest BCUT2D eigenvalue weighted by molar-refractivity contribution is -0.385. The van der Waals surface area contributed by atoms with E-state index in [1.807, 2.05) is 6.07 Å². The average molecular weight is 296 g/mol. The Labute approximate surface area is 119 Å². The Morgan fingerprint density at radius 1 is 1.60 bits per heavy atom. The summed E-state index contributed by atoms with van der Waals surface area (Å²) in [6.07, 6.45) is -0.709. The molecule has 1 amide bonds. The van der Waals surface area contributed by atoms with Crippen LogP contribution in [0.5, 0.6) is 0 Å². The van der Waals surface area contributed by atoms with E-state index in [4.69, 9.17) is 21.6 Å². The van der Waals surface area contributed by atoms with Gasteiger partial charge in [-0.15, -0.1) is 0 Å². The van der Waals surface area contributed by atoms with Crippen molar-refractivity contribution in [3.05, 3.63) is 38.9 Å². The van der Waals surface area contributed by atoms with Gasteiger partial charge in [0.25, 0.3) is 11.6 Å². The van der Waals surface area contributed by atoms with Gasteiger partial charge in [0.15, 0.2) is 6.10 Å². The lowest BCUT2D eigenvalue weighted by Gasteiger charge is -2.29. The van der Waals surface area contributed by atoms with Gasteiger partial charge < -0.3 is 9.64 Å². The molecule has 0 spiro atoms. The van der Waals surface area contributed by atoms with Gasteiger partial charge in [0, 0.05) is 17.6 Å². The zero-order valence-corrected chi connectivity index (χ0v) is 11.0. The molecule has 0 N–H and O–H groups in total. The first-order valence-electron chi connectivity index (χ1n) is 5.77. The summed E-state index contributed by atoms with van der Waals surface area (Å²) in [6.45, 7) is 0.608. The predicted molar refractivity (Wildman–Crippen MR) is 69.4 cm³/mol. The zero-order chi connectivity index (χ0) is 14.7. The van der Waals surface area contributed by atoms with Gasteiger partial charge in [-0.1, -0.05) is 11.6 Å². The molecule has 1 aromatic carbocycles. The van der Waals surface area contributed by atoms with Crippen LogP contribution in [0.1, 0.15) is 10.4 Å². The monoisotopic (exact) mass is 295 g/mol. The maximum absolute atomic E-state index is 12.3. The molecule has 1 atom stereocenters. The summed E-state index contributed by atoms with van der Waals surface area (Å²) >= 11 is 5.70. The molecule has 1 unspecified atom stereocenters. The summed E-state index contributed by atoms with van der Waals surface area (Å²) in [4.78, 5) is 24.0. The molecular weight excluding hydrogens is 286 g/mol. The second-order valence-corrected chi connectivity index (χ2v) is 4.59. The molecule has 0 saturated carbocycles. The molecule has 1 fully saturated rings. The molecule has 0 bridgehead atoms. The van der Waals surface area contributed by atoms with Gasteiger partial charge in [0.1, 0.15) is 5.56 Å². The fourth-order valence-corrected chi connectivity index (χ4v) is 2.09. The van der Waals surface area contributed by atoms with E-state index in [9.17, 15) is 14.9 Å². The first-order chi connectivity index (χ1) is 9.52. The summed E-state index contributed by atoms with van der Waals surface area (Å²) in [5, 5.41) is 20.0. The maximum atomic E-state index is 12.3. The third-order valence-corrected chi connectivity index (χ3v) is 3.12. The lowest BCUT2D eigenvalue weighted by Crippen LogP contribution is -2.45. The summed E-state index contributed by atoms with van der Waals surface area (Å²) in [7, 11) is 0. The molecule has 1 heterocycles. The quantitative estimate of drug-likeness (QED) is 0.610. The van der Waals surface area contributed by atoms with Crippen LogP contribution in [0.2, 0.25) is 5.02 Å². The van der Waals surface area contributed by atoms with Crippen LogP contribution in [-0.2, 0) is 4.74 Å². The number of amides is 1. The summed E-state index contributed by atoms with van der Waals surface area (Å²) in [6, 6.07) is 5.79. The van der Waals surface area contributed by atoms with Gasteiger partial charge in [-0.05, 0) is 12.1 Å². The van der Waals surface area contributed by atoms with E-state index in [0.29, 0.717) is 0 Å². The van der Waals surface area contributed by atoms with E-state index in [1.54, 1.807) is 0 Å². The molecule has 8 heteroatoms. The number of hydrogen-bond donors (Lipinski definition) is 0. The van der Waals surface area contributed by atoms with Crippen molar-refractivity contribution in [2.24, 2.45) is 0 Å². The third-order valence-electron chi connectivity index (χ3n) is 2.88. The number of nitro groups is 1. The van der Waals surface area contributed by atoms with Crippen molar-refractivity contribution in [3.8, 4) is 6.07 Å². The molecule has 20 heavy (non-hydrogen) atoms. The van der Waals surface area contributed by atoms with Gasteiger partial charge >= 0.3 is 0 Å². The van der Waals surface area contributed by atoms with E-state index in [0.717, 1.165) is 6.07 Å². The number of morpholine rings is 1. The molecular formula is C12H10ClN3O4. The number of hydrogen-bond acceptors (Lipinski definition) is 5. The van der Waals surface area contributed by atoms with Gasteiger partial charge in [-0.2, -0.15) is 5.26 Å². The molecule has 1 aliphatic heterocycles. The minimum atomic E-state index is -0.709. The average Bonchev–Trinajstić information content (AvgIpc) is 2.46. The Morgan fingerprint density at radius 3 is 3.00 bits per heavy atom. The first kappa shape index (κ1) is 14.2. The number of nitrogens with zero attached hydrogens (tertiary/aromatic N) is 3. The number of halogens is 1. The van der Waals surface area contributed by atoms with E-state index in [-0.39, 0.29) is 36.0 Å². The number of carbonyl (C=O) groups excluding carboxylic acids is 1. The smallest absolute Gasteiger partial charge is 0.283 e. The molecule has 1 aromatic rings. The van der Waals surface area contributed by atoms with Crippen LogP contribution in [0, 0.1) is 21.4 Å². The van der Waals surface area contributed by atoms with Crippen molar-refractivity contribution in [2.75, 3.05) is 19.7 Å². The Kier molecular flexibility index (Phi) is 4.17. The zero-order valence-electron chi connectivity index (χ0n) is 10.3. The molecule has 0 aliphatic carbocycles. The standard InChI is InChI=1S/C12H10ClN3O4/c13-8-1-2-10(11(5-8)16(18)19)12(17)15-3-4-20-9(6-14)7-15/h1-2,5,9H,3-4,7H2. The fourth-order valence-electron chi connectivity index (χ4n) is 1.92. The maximum Gasteiger partial charge on any atom is 0.283 e. The van der Waals surface area contributed by atoms with Crippen LogP contribution in [-0.4, -0.2) is 41.5 Å². The van der Waals surface area contributed by atoms with Crippen molar-refractivity contribution < 1.29 is 14.5 Å². The van der Waals surface area contributed by atoms with E-state index in [2.05, 4.69) is 0 Å². The number of ether oxygens (including phenoxy) is 1. The van der Waals surface area contributed by atoms with Gasteiger partial charge in [-0.25, -0.2) is 0 Å². The molecule has 104 valence electrons. The molecule has 1 aliphatic rings. The Balaban J connectivity index is 2.29. The van der Waals surface area contributed by atoms with E-state index < -0.39 is 16.9 Å². The minimum Gasteiger partial charge on any atom is -0.360 e. The topological polar surface area (TPSA) is 96.5 Å². The SMILES string of the molecule is N#CC1CN(C(=O)c2ccc(Cl)cc2[N+](=O)[O-])CCO1. The fraction of sp³-hybridized carbons (Fsp3) is 0.333. The van der Waals surface area contributed by atoms with Gasteiger partial charge in [-0.3, -0.25) is 14.9 Å². The summed E-state index contributed by atoms with van der Waals surface area (Å²) in [5.74, 6) is -0.503. The number of carbonyl (C=O) groups is 1. The third kappa shape index (κ3) is 2.87. The van der Waals surface area contributed by atoms with E-state index in [1.165, 1.54) is 17.0 Å². The van der Waals surface area contributed by atoms with Crippen LogP contribution in [0.3, 0.4) is 0 Å². The van der Waals surface area contributed by atoms with Gasteiger partial charge in [0.05, 0.1) is 24.1 Å². The van der Waals surface area contributed by atoms with Crippen LogP contribution in [0.4, 0.5) is 5.69 Å². The number of benzene rings is 1. The van der Waals surface area contributed by atoms with Gasteiger partial charge in [0.2, 0.25) is 0 Å². The molecule has 7 nitrogen and oxygen atoms in total. The van der Waals surface area contributed by atoms with Crippen molar-refractivity contribution in [2.45, 2.75) is 6.10 Å². The summed E-state index contributed by atoms with van der Waals surface area (Å²) < 4.78 is 5.13. The largest absolute Gasteiger partial charge is 0.360 e. The normalized spacial score (nSPS) is 18.4. The highest BCUT2D eigenvalue weighted by molar-refractivity contribution is 6.31. The predicted octanol–water partition coefficient (Wildman–Crippen LogP) is 1.61. The van der Waals surface area contributed by atoms with Crippen molar-refractivity contribution in [1.29, 1.82) is 5.26 Å². The first-order valence-corrected chi connectivity index (χ1v) is 6.15. The second-order valence-electron chi connectivity index (χ2n) is 4.16. The molecule has 1 saturated heterocycles. The van der Waals surface area contributed by atoms with Crippen LogP contribution in [0.25, 0.3) is 0 Å². The van der Waals surface area contributed by atoms with Crippen molar-refractivity contribution in [1.82, 2.24) is 4.90 Å². The number of nitro benzene ring substituents is 1. The molecule has 0 aromatic heterocycles. The number of rotatable bonds is 2. The minimum absolute atomic E-state index is 0.0435. The van der Waals surface area contributed by atoms with Crippen LogP contribution >= 0.6 is 11.6 Å². The lowest BCUT2D eigenvalue weighted by atomic mass is 10.1. The van der Waals surface area contributed by atoms with Crippen LogP contribution in [0.15, 0.2) is 18.2 Å². The van der Waals surface area contributed by atoms with E-state index >= 15 is 0 Å². The highest BCUT2D eigenvalue weighted by atomic mass is 35.5. The summed E-state index contributed by atoms with van der Waals surface area (Å²) in [5.41, 5.74) is -0.388. The Hall–Kier alpha value is -2.17. The number of nitriles is 1. The molecule has 2 rings (SSSR count). The van der Waals surface area contributed by atoms with Crippen molar-refractivity contribution in [3.63, 3.8) is 0 Å². The highest BCUT2D eigenvalue weighted by Gasteiger charge is 2.29. The molecule has 0 radical (unpaired) electrons. The Bertz CT molecular complexity index is 599. The Morgan fingerprint density at radius 2 is 2.35 bits per heavy atom. The van der Waals surface area contributed by atoms with Crippen molar-refractivity contribution >= 4 is 23.2 Å². The van der Waals surface area contributed by atoms with Crippen LogP contribution < -0.4 is 0 Å². The second kappa shape index (κ2) is 5.86. The highest BCUT2D eigenvalue weighted by Crippen LogP contribution is 2.25.